The number of nitrogens with one attached hydrogen (secondary N) is 1. The number of nitrogens with zero attached hydrogens (tertiary/aromatic N) is 2. The number of carbonyl (C=O) groups is 3. The van der Waals surface area contributed by atoms with Crippen molar-refractivity contribution in [2.45, 2.75) is 44.2 Å². The molecule has 3 aliphatic heterocycles. The monoisotopic (exact) mass is 357 g/mol. The predicted octanol–water partition coefficient (Wildman–Crippen LogP) is 1.51. The summed E-state index contributed by atoms with van der Waals surface area (Å²) in [6.07, 6.45) is 3.82. The normalized spacial score (nSPS) is 28.3. The molecule has 26 heavy (non-hydrogen) atoms. The summed E-state index contributed by atoms with van der Waals surface area (Å²) in [6.45, 7) is 0.446. The average molecular weight is 357 g/mol. The van der Waals surface area contributed by atoms with Crippen molar-refractivity contribution in [2.75, 3.05) is 18.1 Å². The van der Waals surface area contributed by atoms with Crippen molar-refractivity contribution in [3.8, 4) is 0 Å². The van der Waals surface area contributed by atoms with Crippen LogP contribution in [0.3, 0.4) is 0 Å². The number of para-hydroxylation sites is 1. The third kappa shape index (κ3) is 2.86. The zero-order chi connectivity index (χ0) is 18.3. The number of aliphatic hydroxyl groups is 1. The van der Waals surface area contributed by atoms with Crippen molar-refractivity contribution in [1.82, 2.24) is 10.2 Å². The molecular weight excluding hydrogens is 334 g/mol. The van der Waals surface area contributed by atoms with Crippen LogP contribution in [0.1, 0.15) is 42.5 Å². The second kappa shape index (κ2) is 6.72. The lowest BCUT2D eigenvalue weighted by atomic mass is 9.90. The van der Waals surface area contributed by atoms with Crippen LogP contribution in [-0.2, 0) is 4.79 Å². The number of urea groups is 1. The van der Waals surface area contributed by atoms with Gasteiger partial charge in [-0.15, -0.1) is 0 Å². The third-order valence-electron chi connectivity index (χ3n) is 5.80. The zero-order valence-corrected chi connectivity index (χ0v) is 14.6. The topological polar surface area (TPSA) is 90.0 Å². The number of rotatable bonds is 3. The van der Waals surface area contributed by atoms with Gasteiger partial charge in [0.25, 0.3) is 5.91 Å². The van der Waals surface area contributed by atoms with Gasteiger partial charge in [-0.2, -0.15) is 0 Å². The molecule has 1 aromatic carbocycles. The number of hydrogen-bond donors (Lipinski definition) is 2. The fourth-order valence-electron chi connectivity index (χ4n) is 4.59. The second-order valence-corrected chi connectivity index (χ2v) is 7.39. The smallest absolute Gasteiger partial charge is 0.328 e. The zero-order valence-electron chi connectivity index (χ0n) is 14.6. The largest absolute Gasteiger partial charge is 0.396 e. The molecule has 1 unspecified atom stereocenters. The SMILES string of the molecule is O=C1CCN(c2ccccc2C(=O)N2[C@@H]3CC[C@H]2CC(CO)C3)C(=O)N1. The number of imide groups is 1. The molecule has 3 fully saturated rings. The molecule has 4 amide bonds. The molecule has 2 bridgehead atoms. The van der Waals surface area contributed by atoms with Gasteiger partial charge in [-0.1, -0.05) is 12.1 Å². The summed E-state index contributed by atoms with van der Waals surface area (Å²) in [5, 5.41) is 11.8. The van der Waals surface area contributed by atoms with Crippen molar-refractivity contribution < 1.29 is 19.5 Å². The number of fused-ring (bicyclic) bond motifs is 2. The summed E-state index contributed by atoms with van der Waals surface area (Å²) in [4.78, 5) is 40.4. The van der Waals surface area contributed by atoms with Crippen molar-refractivity contribution in [1.29, 1.82) is 0 Å². The molecule has 3 saturated heterocycles. The van der Waals surface area contributed by atoms with Crippen molar-refractivity contribution in [2.24, 2.45) is 5.92 Å². The fraction of sp³-hybridized carbons (Fsp3) is 0.526. The maximum Gasteiger partial charge on any atom is 0.328 e. The Morgan fingerprint density at radius 1 is 1.15 bits per heavy atom. The summed E-state index contributed by atoms with van der Waals surface area (Å²) in [6, 6.07) is 6.92. The molecule has 2 N–H and O–H groups in total. The van der Waals surface area contributed by atoms with Crippen molar-refractivity contribution >= 4 is 23.5 Å². The highest BCUT2D eigenvalue weighted by Crippen LogP contribution is 2.40. The van der Waals surface area contributed by atoms with Gasteiger partial charge in [-0.05, 0) is 43.7 Å². The van der Waals surface area contributed by atoms with Gasteiger partial charge >= 0.3 is 6.03 Å². The van der Waals surface area contributed by atoms with Gasteiger partial charge in [0.2, 0.25) is 5.91 Å². The Labute approximate surface area is 152 Å². The van der Waals surface area contributed by atoms with Crippen LogP contribution in [0.2, 0.25) is 0 Å². The summed E-state index contributed by atoms with van der Waals surface area (Å²) in [5.74, 6) is -0.0842. The lowest BCUT2D eigenvalue weighted by Gasteiger charge is -2.39. The Kier molecular flexibility index (Phi) is 4.40. The Morgan fingerprint density at radius 3 is 2.50 bits per heavy atom. The van der Waals surface area contributed by atoms with Gasteiger partial charge in [0.05, 0.1) is 11.3 Å². The summed E-state index contributed by atoms with van der Waals surface area (Å²) in [7, 11) is 0. The van der Waals surface area contributed by atoms with E-state index >= 15 is 0 Å². The van der Waals surface area contributed by atoms with Crippen LogP contribution in [0, 0.1) is 5.92 Å². The Morgan fingerprint density at radius 2 is 1.85 bits per heavy atom. The first kappa shape index (κ1) is 17.0. The van der Waals surface area contributed by atoms with Crippen LogP contribution in [0.25, 0.3) is 0 Å². The minimum Gasteiger partial charge on any atom is -0.396 e. The minimum atomic E-state index is -0.483. The molecule has 0 radical (unpaired) electrons. The van der Waals surface area contributed by atoms with Gasteiger partial charge in [-0.3, -0.25) is 19.8 Å². The van der Waals surface area contributed by atoms with Crippen LogP contribution in [-0.4, -0.2) is 53.1 Å². The second-order valence-electron chi connectivity index (χ2n) is 7.39. The van der Waals surface area contributed by atoms with E-state index in [1.54, 1.807) is 24.3 Å². The van der Waals surface area contributed by atoms with E-state index in [9.17, 15) is 19.5 Å². The molecule has 138 valence electrons. The number of anilines is 1. The van der Waals surface area contributed by atoms with E-state index in [4.69, 9.17) is 0 Å². The van der Waals surface area contributed by atoms with Crippen molar-refractivity contribution in [3.05, 3.63) is 29.8 Å². The highest BCUT2D eigenvalue weighted by Gasteiger charge is 2.44. The molecule has 3 aliphatic rings. The molecule has 4 rings (SSSR count). The lowest BCUT2D eigenvalue weighted by molar-refractivity contribution is -0.120. The van der Waals surface area contributed by atoms with Crippen LogP contribution >= 0.6 is 0 Å². The molecule has 3 atom stereocenters. The number of hydrogen-bond acceptors (Lipinski definition) is 4. The van der Waals surface area contributed by atoms with Gasteiger partial charge in [0.15, 0.2) is 0 Å². The number of amides is 4. The maximum absolute atomic E-state index is 13.3. The molecule has 0 saturated carbocycles. The van der Waals surface area contributed by atoms with E-state index in [-0.39, 0.29) is 49.4 Å². The molecule has 1 aromatic rings. The van der Waals surface area contributed by atoms with Crippen molar-refractivity contribution in [3.63, 3.8) is 0 Å². The van der Waals surface area contributed by atoms with Crippen LogP contribution in [0.4, 0.5) is 10.5 Å². The standard InChI is InChI=1S/C19H23N3O4/c23-11-12-9-13-5-6-14(10-12)22(13)18(25)15-3-1-2-4-16(15)21-8-7-17(24)20-19(21)26/h1-4,12-14,23H,5-11H2,(H,20,24,26)/t12?,13-,14+. The van der Waals surface area contributed by atoms with Crippen LogP contribution in [0.15, 0.2) is 24.3 Å². The molecule has 7 heteroatoms. The first-order valence-corrected chi connectivity index (χ1v) is 9.22. The fourth-order valence-corrected chi connectivity index (χ4v) is 4.59. The first-order valence-electron chi connectivity index (χ1n) is 9.22. The molecule has 0 spiro atoms. The quantitative estimate of drug-likeness (QED) is 0.858. The number of benzene rings is 1. The number of aliphatic hydroxyl groups excluding tert-OH is 1. The highest BCUT2D eigenvalue weighted by molar-refractivity contribution is 6.09. The van der Waals surface area contributed by atoms with Crippen LogP contribution < -0.4 is 10.2 Å². The number of piperidine rings is 1. The molecule has 0 aromatic heterocycles. The van der Waals surface area contributed by atoms with Crippen LogP contribution in [0.5, 0.6) is 0 Å². The minimum absolute atomic E-state index is 0.0609. The lowest BCUT2D eigenvalue weighted by Crippen LogP contribution is -2.51. The third-order valence-corrected chi connectivity index (χ3v) is 5.80. The Hall–Kier alpha value is -2.41. The van der Waals surface area contributed by atoms with E-state index < -0.39 is 6.03 Å². The highest BCUT2D eigenvalue weighted by atomic mass is 16.3. The predicted molar refractivity (Wildman–Crippen MR) is 94.7 cm³/mol. The summed E-state index contributed by atoms with van der Waals surface area (Å²) < 4.78 is 0. The summed E-state index contributed by atoms with van der Waals surface area (Å²) in [5.41, 5.74) is 1.04. The van der Waals surface area contributed by atoms with E-state index in [0.29, 0.717) is 11.3 Å². The first-order chi connectivity index (χ1) is 12.6. The van der Waals surface area contributed by atoms with E-state index in [1.165, 1.54) is 4.90 Å². The van der Waals surface area contributed by atoms with E-state index in [2.05, 4.69) is 5.32 Å². The molecule has 7 nitrogen and oxygen atoms in total. The van der Waals surface area contributed by atoms with Gasteiger partial charge < -0.3 is 10.0 Å². The Bertz CT molecular complexity index is 736. The molecule has 3 heterocycles. The van der Waals surface area contributed by atoms with E-state index in [1.807, 2.05) is 4.90 Å². The molecular formula is C19H23N3O4. The maximum atomic E-state index is 13.3. The number of carbonyl (C=O) groups excluding carboxylic acids is 3. The molecule has 0 aliphatic carbocycles. The van der Waals surface area contributed by atoms with Gasteiger partial charge in [-0.25, -0.2) is 4.79 Å². The van der Waals surface area contributed by atoms with Gasteiger partial charge in [0, 0.05) is 31.7 Å². The summed E-state index contributed by atoms with van der Waals surface area (Å²) >= 11 is 0. The average Bonchev–Trinajstić information content (AvgIpc) is 2.91. The van der Waals surface area contributed by atoms with E-state index in [0.717, 1.165) is 25.7 Å². The van der Waals surface area contributed by atoms with Gasteiger partial charge in [0.1, 0.15) is 0 Å². The Balaban J connectivity index is 1.62.